The molecule has 0 saturated carbocycles. The Kier molecular flexibility index (Phi) is 3.19. The summed E-state index contributed by atoms with van der Waals surface area (Å²) in [4.78, 5) is 25.8. The molecule has 5 nitrogen and oxygen atoms in total. The third-order valence-electron chi connectivity index (χ3n) is 3.39. The van der Waals surface area contributed by atoms with E-state index in [1.807, 2.05) is 0 Å². The van der Waals surface area contributed by atoms with Gasteiger partial charge in [0.15, 0.2) is 9.79 Å². The molecule has 1 N–H and O–H groups in total. The quantitative estimate of drug-likeness (QED) is 0.818. The Balaban J connectivity index is 2.26. The van der Waals surface area contributed by atoms with E-state index in [0.717, 1.165) is 0 Å². The first-order valence-electron chi connectivity index (χ1n) is 6.17. The molecule has 0 radical (unpaired) electrons. The monoisotopic (exact) mass is 301 g/mol. The van der Waals surface area contributed by atoms with Crippen molar-refractivity contribution in [2.45, 2.75) is 9.79 Å². The van der Waals surface area contributed by atoms with E-state index >= 15 is 0 Å². The van der Waals surface area contributed by atoms with Crippen LogP contribution in [0, 0.1) is 0 Å². The molecule has 0 aromatic heterocycles. The van der Waals surface area contributed by atoms with Gasteiger partial charge in [-0.3, -0.25) is 4.79 Å². The van der Waals surface area contributed by atoms with Crippen LogP contribution in [-0.4, -0.2) is 28.6 Å². The molecule has 0 aliphatic carbocycles. The van der Waals surface area contributed by atoms with Gasteiger partial charge in [-0.25, -0.2) is 4.79 Å². The van der Waals surface area contributed by atoms with Gasteiger partial charge in [-0.15, -0.1) is 0 Å². The van der Waals surface area contributed by atoms with Crippen molar-refractivity contribution in [1.82, 2.24) is 0 Å². The third-order valence-corrected chi connectivity index (χ3v) is 4.89. The summed E-state index contributed by atoms with van der Waals surface area (Å²) in [6, 6.07) is 11.0. The predicted octanol–water partition coefficient (Wildman–Crippen LogP) is 2.14. The van der Waals surface area contributed by atoms with Crippen LogP contribution in [-0.2, 0) is 11.2 Å². The van der Waals surface area contributed by atoms with Gasteiger partial charge in [0, 0.05) is 18.2 Å². The van der Waals surface area contributed by atoms with E-state index in [0.29, 0.717) is 21.0 Å². The van der Waals surface area contributed by atoms with Gasteiger partial charge >= 0.3 is 5.97 Å². The molecule has 1 amide bonds. The Hall–Kier alpha value is -2.31. The first-order valence-corrected chi connectivity index (χ1v) is 7.32. The van der Waals surface area contributed by atoms with Gasteiger partial charge in [-0.1, -0.05) is 12.1 Å². The SMILES string of the molecule is CN1C(=O)c2ccccc2[S@+]([O-])c2ccc(C(=O)O)cc21. The molecule has 0 unspecified atom stereocenters. The van der Waals surface area contributed by atoms with Crippen LogP contribution in [0.3, 0.4) is 0 Å². The number of anilines is 1. The normalized spacial score (nSPS) is 17.0. The van der Waals surface area contributed by atoms with Gasteiger partial charge in [0.2, 0.25) is 0 Å². The van der Waals surface area contributed by atoms with Crippen LogP contribution < -0.4 is 4.90 Å². The molecule has 106 valence electrons. The van der Waals surface area contributed by atoms with Gasteiger partial charge < -0.3 is 14.6 Å². The summed E-state index contributed by atoms with van der Waals surface area (Å²) in [6.07, 6.45) is 0. The van der Waals surface area contributed by atoms with E-state index in [9.17, 15) is 14.1 Å². The zero-order valence-electron chi connectivity index (χ0n) is 11.1. The first-order chi connectivity index (χ1) is 10.0. The fraction of sp³-hybridized carbons (Fsp3) is 0.0667. The molecule has 1 aliphatic heterocycles. The number of hydrogen-bond acceptors (Lipinski definition) is 3. The van der Waals surface area contributed by atoms with E-state index < -0.39 is 17.1 Å². The highest BCUT2D eigenvalue weighted by Crippen LogP contribution is 2.36. The van der Waals surface area contributed by atoms with E-state index in [4.69, 9.17) is 5.11 Å². The first kappa shape index (κ1) is 13.7. The Morgan fingerprint density at radius 2 is 1.90 bits per heavy atom. The minimum Gasteiger partial charge on any atom is -0.606 e. The molecular formula is C15H11NO4S. The standard InChI is InChI=1S/C15H11NO4S/c1-16-11-8-9(15(18)19)6-7-13(11)21(20)12-5-3-2-4-10(12)14(16)17/h2-8H,1H3,(H,18,19)/t21-/m0/s1. The molecule has 2 aromatic carbocycles. The molecule has 2 aromatic rings. The van der Waals surface area contributed by atoms with Crippen LogP contribution in [0.5, 0.6) is 0 Å². The van der Waals surface area contributed by atoms with Crippen LogP contribution in [0.4, 0.5) is 5.69 Å². The minimum absolute atomic E-state index is 0.0522. The molecule has 6 heteroatoms. The lowest BCUT2D eigenvalue weighted by molar-refractivity contribution is 0.0696. The average molecular weight is 301 g/mol. The molecule has 0 spiro atoms. The summed E-state index contributed by atoms with van der Waals surface area (Å²) in [6.45, 7) is 0. The fourth-order valence-corrected chi connectivity index (χ4v) is 3.65. The Morgan fingerprint density at radius 3 is 2.62 bits per heavy atom. The second kappa shape index (κ2) is 4.91. The molecule has 21 heavy (non-hydrogen) atoms. The Labute approximate surface area is 124 Å². The molecule has 1 aliphatic rings. The number of rotatable bonds is 1. The number of aromatic carboxylic acids is 1. The van der Waals surface area contributed by atoms with Crippen molar-refractivity contribution in [1.29, 1.82) is 0 Å². The van der Waals surface area contributed by atoms with Crippen LogP contribution >= 0.6 is 0 Å². The number of carboxylic acids is 1. The average Bonchev–Trinajstić information content (AvgIpc) is 2.58. The van der Waals surface area contributed by atoms with Gasteiger partial charge in [0.25, 0.3) is 5.91 Å². The minimum atomic E-state index is -1.53. The van der Waals surface area contributed by atoms with Gasteiger partial charge in [-0.05, 0) is 30.3 Å². The molecule has 1 heterocycles. The summed E-state index contributed by atoms with van der Waals surface area (Å²) in [7, 11) is 1.55. The third kappa shape index (κ3) is 2.09. The number of carbonyl (C=O) groups is 2. The Bertz CT molecular complexity index is 759. The zero-order valence-corrected chi connectivity index (χ0v) is 11.9. The van der Waals surface area contributed by atoms with Gasteiger partial charge in [0.1, 0.15) is 5.69 Å². The zero-order chi connectivity index (χ0) is 15.1. The van der Waals surface area contributed by atoms with Crippen molar-refractivity contribution in [3.05, 3.63) is 53.6 Å². The molecule has 0 bridgehead atoms. The van der Waals surface area contributed by atoms with Crippen molar-refractivity contribution >= 4 is 28.7 Å². The summed E-state index contributed by atoms with van der Waals surface area (Å²) >= 11 is -1.53. The summed E-state index contributed by atoms with van der Waals surface area (Å²) in [5.41, 5.74) is 0.775. The molecular weight excluding hydrogens is 290 g/mol. The van der Waals surface area contributed by atoms with Crippen molar-refractivity contribution in [2.75, 3.05) is 11.9 Å². The number of carbonyl (C=O) groups excluding carboxylic acids is 1. The second-order valence-corrected chi connectivity index (χ2v) is 6.03. The lowest BCUT2D eigenvalue weighted by Crippen LogP contribution is -2.26. The van der Waals surface area contributed by atoms with E-state index in [1.54, 1.807) is 31.3 Å². The van der Waals surface area contributed by atoms with E-state index in [-0.39, 0.29) is 11.5 Å². The second-order valence-electron chi connectivity index (χ2n) is 4.62. The van der Waals surface area contributed by atoms with Crippen molar-refractivity contribution < 1.29 is 19.2 Å². The van der Waals surface area contributed by atoms with E-state index in [1.165, 1.54) is 23.1 Å². The highest BCUT2D eigenvalue weighted by Gasteiger charge is 2.33. The predicted molar refractivity (Wildman–Crippen MR) is 77.3 cm³/mol. The fourth-order valence-electron chi connectivity index (χ4n) is 2.28. The van der Waals surface area contributed by atoms with Crippen molar-refractivity contribution in [2.24, 2.45) is 0 Å². The van der Waals surface area contributed by atoms with Gasteiger partial charge in [-0.2, -0.15) is 0 Å². The summed E-state index contributed by atoms with van der Waals surface area (Å²) in [5, 5.41) is 9.07. The highest BCUT2D eigenvalue weighted by atomic mass is 32.2. The highest BCUT2D eigenvalue weighted by molar-refractivity contribution is 7.91. The van der Waals surface area contributed by atoms with E-state index in [2.05, 4.69) is 0 Å². The summed E-state index contributed by atoms with van der Waals surface area (Å²) < 4.78 is 12.7. The van der Waals surface area contributed by atoms with Crippen LogP contribution in [0.2, 0.25) is 0 Å². The topological polar surface area (TPSA) is 80.7 Å². The number of hydrogen-bond donors (Lipinski definition) is 1. The number of nitrogens with zero attached hydrogens (tertiary/aromatic N) is 1. The van der Waals surface area contributed by atoms with Gasteiger partial charge in [0.05, 0.1) is 11.1 Å². The molecule has 3 rings (SSSR count). The number of amides is 1. The lowest BCUT2D eigenvalue weighted by Gasteiger charge is -2.16. The number of benzene rings is 2. The number of fused-ring (bicyclic) bond motifs is 2. The Morgan fingerprint density at radius 1 is 1.19 bits per heavy atom. The largest absolute Gasteiger partial charge is 0.606 e. The molecule has 0 saturated heterocycles. The van der Waals surface area contributed by atoms with Crippen LogP contribution in [0.15, 0.2) is 52.3 Å². The lowest BCUT2D eigenvalue weighted by atomic mass is 10.1. The number of carboxylic acid groups (broad SMARTS) is 1. The maximum atomic E-state index is 12.7. The van der Waals surface area contributed by atoms with Crippen molar-refractivity contribution in [3.8, 4) is 0 Å². The maximum absolute atomic E-state index is 12.7. The van der Waals surface area contributed by atoms with Crippen molar-refractivity contribution in [3.63, 3.8) is 0 Å². The van der Waals surface area contributed by atoms with Crippen LogP contribution in [0.25, 0.3) is 0 Å². The maximum Gasteiger partial charge on any atom is 0.335 e. The summed E-state index contributed by atoms with van der Waals surface area (Å²) in [5.74, 6) is -1.40. The smallest absolute Gasteiger partial charge is 0.335 e. The molecule has 0 fully saturated rings. The van der Waals surface area contributed by atoms with Crippen LogP contribution in [0.1, 0.15) is 20.7 Å². The molecule has 1 atom stereocenters.